The molecule has 0 aromatic carbocycles. The molecule has 2 aliphatic rings. The highest BCUT2D eigenvalue weighted by Crippen LogP contribution is 2.19. The lowest BCUT2D eigenvalue weighted by Gasteiger charge is -2.27. The fraction of sp³-hybridized carbons (Fsp3) is 0.483. The van der Waals surface area contributed by atoms with E-state index >= 15 is 0 Å². The number of ether oxygens (including phenoxy) is 6. The van der Waals surface area contributed by atoms with E-state index in [0.29, 0.717) is 44.1 Å². The van der Waals surface area contributed by atoms with Crippen LogP contribution in [0.2, 0.25) is 0 Å². The molecule has 2 saturated heterocycles. The normalized spacial score (nSPS) is 14.1. The van der Waals surface area contributed by atoms with Crippen molar-refractivity contribution in [2.45, 2.75) is 66.6 Å². The smallest absolute Gasteiger partial charge is 0.410 e. The lowest BCUT2D eigenvalue weighted by molar-refractivity contribution is 0.0255. The Labute approximate surface area is 639 Å². The van der Waals surface area contributed by atoms with Gasteiger partial charge in [0.2, 0.25) is 9.05 Å². The first-order valence-electron chi connectivity index (χ1n) is 28.7. The van der Waals surface area contributed by atoms with Crippen LogP contribution >= 0.6 is 124 Å². The summed E-state index contributed by atoms with van der Waals surface area (Å²) in [5, 5.41) is 15.3. The Bertz CT molecular complexity index is 3450. The van der Waals surface area contributed by atoms with Crippen LogP contribution in [0, 0.1) is 17.9 Å². The largest absolute Gasteiger partial charge is 0.464 e. The van der Waals surface area contributed by atoms with Crippen molar-refractivity contribution in [1.29, 1.82) is 0 Å². The summed E-state index contributed by atoms with van der Waals surface area (Å²) in [6, 6.07) is 17.5. The number of carbonyl (C=O) groups excluding carboxylic acids is 6. The van der Waals surface area contributed by atoms with Gasteiger partial charge in [0.1, 0.15) is 40.7 Å². The van der Waals surface area contributed by atoms with E-state index < -0.39 is 54.6 Å². The van der Waals surface area contributed by atoms with Crippen molar-refractivity contribution in [3.63, 3.8) is 0 Å². The molecule has 538 valence electrons. The molecule has 2 fully saturated rings. The minimum absolute atomic E-state index is 0. The van der Waals surface area contributed by atoms with Gasteiger partial charge in [-0.3, -0.25) is 18.9 Å². The van der Waals surface area contributed by atoms with Gasteiger partial charge in [0.25, 0.3) is 10.1 Å². The van der Waals surface area contributed by atoms with Crippen molar-refractivity contribution >= 4 is 179 Å². The zero-order valence-electron chi connectivity index (χ0n) is 54.3. The Hall–Kier alpha value is -4.07. The molecule has 0 bridgehead atoms. The number of hydrogen-bond donors (Lipinski definition) is 3. The third kappa shape index (κ3) is 37.4. The molecule has 0 radical (unpaired) electrons. The highest BCUT2D eigenvalue weighted by atomic mass is 127. The lowest BCUT2D eigenvalue weighted by atomic mass is 10.2. The first-order valence-corrected chi connectivity index (χ1v) is 38.6. The number of aliphatic hydroxyl groups excluding tert-OH is 1. The molecule has 3 N–H and O–H groups in total. The van der Waals surface area contributed by atoms with Gasteiger partial charge in [-0.2, -0.15) is 8.42 Å². The summed E-state index contributed by atoms with van der Waals surface area (Å²) >= 11 is 10.6. The molecule has 97 heavy (non-hydrogen) atoms. The second-order valence-electron chi connectivity index (χ2n) is 21.4. The van der Waals surface area contributed by atoms with Gasteiger partial charge < -0.3 is 49.1 Å². The molecule has 0 unspecified atom stereocenters. The fourth-order valence-electron chi connectivity index (χ4n) is 8.19. The molecule has 7 rings (SSSR count). The quantitative estimate of drug-likeness (QED) is 0.0311. The summed E-state index contributed by atoms with van der Waals surface area (Å²) in [5.74, 6) is -2.48. The maximum atomic E-state index is 12.2. The number of carbonyl (C=O) groups is 6. The minimum atomic E-state index is -3.53. The number of rotatable bonds is 15. The molecule has 0 spiro atoms. The summed E-state index contributed by atoms with van der Waals surface area (Å²) in [4.78, 5) is 101. The zero-order chi connectivity index (χ0) is 71.9. The molecule has 29 nitrogen and oxygen atoms in total. The average Bonchev–Trinajstić information content (AvgIpc) is 1.89. The van der Waals surface area contributed by atoms with Crippen LogP contribution in [-0.4, -0.2) is 235 Å². The number of halogens is 6. The van der Waals surface area contributed by atoms with Crippen LogP contribution in [0.3, 0.4) is 0 Å². The van der Waals surface area contributed by atoms with Crippen LogP contribution < -0.4 is 10.6 Å². The van der Waals surface area contributed by atoms with Crippen molar-refractivity contribution in [3.05, 3.63) is 135 Å². The summed E-state index contributed by atoms with van der Waals surface area (Å²) < 4.78 is 78.4. The highest BCUT2D eigenvalue weighted by molar-refractivity contribution is 14.1. The third-order valence-corrected chi connectivity index (χ3v) is 16.0. The number of nitrogens with one attached hydrogen (secondary N) is 2. The number of aliphatic hydroxyl groups is 1. The van der Waals surface area contributed by atoms with Crippen LogP contribution in [0.15, 0.2) is 60.7 Å². The molecule has 2 aliphatic heterocycles. The topological polar surface area (TPSA) is 357 Å². The van der Waals surface area contributed by atoms with Crippen LogP contribution in [0.5, 0.6) is 0 Å². The molecule has 0 saturated carbocycles. The van der Waals surface area contributed by atoms with E-state index in [1.54, 1.807) is 41.3 Å². The first-order chi connectivity index (χ1) is 45.0. The Morgan fingerprint density at radius 3 is 0.990 bits per heavy atom. The zero-order valence-corrected chi connectivity index (χ0v) is 67.5. The van der Waals surface area contributed by atoms with Crippen molar-refractivity contribution in [2.75, 3.05) is 127 Å². The van der Waals surface area contributed by atoms with Crippen molar-refractivity contribution in [2.24, 2.45) is 0 Å². The van der Waals surface area contributed by atoms with Gasteiger partial charge in [0.15, 0.2) is 0 Å². The maximum Gasteiger partial charge on any atom is 0.410 e. The predicted octanol–water partition coefficient (Wildman–Crippen LogP) is 7.02. The van der Waals surface area contributed by atoms with E-state index in [-0.39, 0.29) is 55.2 Å². The number of esters is 5. The van der Waals surface area contributed by atoms with Gasteiger partial charge in [-0.05, 0) is 194 Å². The second kappa shape index (κ2) is 45.0. The van der Waals surface area contributed by atoms with Gasteiger partial charge in [0, 0.05) is 127 Å². The Balaban J connectivity index is 0.000000500. The maximum absolute atomic E-state index is 12.2. The van der Waals surface area contributed by atoms with Gasteiger partial charge in [0.05, 0.1) is 83.1 Å². The van der Waals surface area contributed by atoms with Gasteiger partial charge in [-0.25, -0.2) is 62.1 Å². The summed E-state index contributed by atoms with van der Waals surface area (Å²) in [5.41, 5.74) is 3.92. The van der Waals surface area contributed by atoms with Crippen LogP contribution in [0.4, 0.5) is 4.79 Å². The van der Waals surface area contributed by atoms with Gasteiger partial charge in [-0.15, -0.1) is 0 Å². The Morgan fingerprint density at radius 2 is 0.732 bits per heavy atom. The molecule has 5 aromatic rings. The average molecular weight is 1980 g/mol. The fourth-order valence-corrected chi connectivity index (χ4v) is 11.8. The number of methoxy groups -OCH3 is 5. The molecule has 37 heteroatoms. The van der Waals surface area contributed by atoms with Crippen LogP contribution in [0.1, 0.15) is 109 Å². The molecular weight excluding hydrogens is 1900 g/mol. The number of nitrogens with zero attached hydrogens (tertiary/aromatic N) is 9. The standard InChI is InChI=1S/C30H33I3N6O6.C11H23N3O2.C9H10INO5S.C8H8INO3.CH3ClO2S.CH4/c1-43-28(40)25-13-19(31)10-22(34-25)16-37-4-6-38(17-23-11-20(32)14-26(35-23)29(41)44-2)8-9-39(7-5-37)18-24-12-21(33)15-27(36-24)30(42)45-3;1-11(2,3)16-10(15)14-8-6-12-4-5-13-7-9-14;1-15-9(12)8-4-6(10)3-7(11-8)5-16-17(2,13)14;1-13-8(12)7-3-5(9)2-6(4-11)10-7;1-5(2,3)4;/h10-15H,4-9,16-18H2,1-3H3;12-13H,4-9H2,1-3H3;3-4H,5H2,1-2H3;2-3,11H,4H2,1H3;1H3;1H4. The third-order valence-electron chi connectivity index (χ3n) is 12.4. The van der Waals surface area contributed by atoms with Gasteiger partial charge in [-0.1, -0.05) is 7.43 Å². The van der Waals surface area contributed by atoms with Crippen molar-refractivity contribution < 1.29 is 83.3 Å². The minimum Gasteiger partial charge on any atom is -0.464 e. The summed E-state index contributed by atoms with van der Waals surface area (Å²) in [6.07, 6.45) is 1.65. The van der Waals surface area contributed by atoms with Crippen LogP contribution in [0.25, 0.3) is 0 Å². The van der Waals surface area contributed by atoms with Crippen molar-refractivity contribution in [1.82, 2.24) is 55.2 Å². The SMILES string of the molecule is C.CC(C)(C)OC(=O)N1CCNCCNCC1.COC(=O)c1cc(I)cc(CN2CCN(Cc3cc(I)cc(C(=O)OC)n3)CCN(Cc3cc(I)cc(C(=O)OC)n3)CC2)n1.COC(=O)c1cc(I)cc(CO)n1.COC(=O)c1cc(I)cc(COS(C)(=O)=O)n1.CS(=O)(=O)Cl. The highest BCUT2D eigenvalue weighted by Gasteiger charge is 2.24. The molecule has 1 amide bonds. The monoisotopic (exact) mass is 1980 g/mol. The molecule has 0 atom stereocenters. The van der Waals surface area contributed by atoms with E-state index in [1.165, 1.54) is 41.6 Å². The first kappa shape index (κ1) is 89.0. The van der Waals surface area contributed by atoms with E-state index in [4.69, 9.17) is 24.1 Å². The van der Waals surface area contributed by atoms with E-state index in [0.717, 1.165) is 113 Å². The second-order valence-corrected chi connectivity index (χ2v) is 32.3. The van der Waals surface area contributed by atoms with E-state index in [9.17, 15) is 45.6 Å². The Morgan fingerprint density at radius 1 is 0.474 bits per heavy atom. The number of aromatic nitrogens is 5. The molecule has 7 heterocycles. The lowest BCUT2D eigenvalue weighted by Crippen LogP contribution is -2.42. The molecule has 5 aromatic heterocycles. The van der Waals surface area contributed by atoms with Crippen molar-refractivity contribution in [3.8, 4) is 0 Å². The number of pyridine rings is 5. The van der Waals surface area contributed by atoms with Gasteiger partial charge >= 0.3 is 35.9 Å². The molecular formula is C60H81ClI5N11O18S2. The van der Waals surface area contributed by atoms with E-state index in [1.807, 2.05) is 84.2 Å². The van der Waals surface area contributed by atoms with Crippen LogP contribution in [-0.2, 0) is 84.6 Å². The molecule has 0 aliphatic carbocycles. The summed E-state index contributed by atoms with van der Waals surface area (Å²) in [6.45, 7) is 16.3. The summed E-state index contributed by atoms with van der Waals surface area (Å²) in [7, 11) is 4.36. The predicted molar refractivity (Wildman–Crippen MR) is 404 cm³/mol. The van der Waals surface area contributed by atoms with E-state index in [2.05, 4.69) is 142 Å². The number of hydrogen-bond acceptors (Lipinski definition) is 28. The number of amides is 1. The Kier molecular flexibility index (Phi) is 41.3.